The molecule has 106 valence electrons. The lowest BCUT2D eigenvalue weighted by Gasteiger charge is -2.26. The van der Waals surface area contributed by atoms with Gasteiger partial charge in [0.25, 0.3) is 0 Å². The van der Waals surface area contributed by atoms with Gasteiger partial charge in [0.1, 0.15) is 10.7 Å². The minimum atomic E-state index is -3.80. The smallest absolute Gasteiger partial charge is 0.246 e. The van der Waals surface area contributed by atoms with Crippen LogP contribution in [-0.2, 0) is 10.0 Å². The number of nitrogens with zero attached hydrogens (tertiary/aromatic N) is 1. The van der Waals surface area contributed by atoms with E-state index in [0.29, 0.717) is 12.5 Å². The summed E-state index contributed by atoms with van der Waals surface area (Å²) in [7, 11) is -3.80. The highest BCUT2D eigenvalue weighted by atomic mass is 32.2. The second-order valence-corrected chi connectivity index (χ2v) is 7.16. The molecule has 0 unspecified atom stereocenters. The van der Waals surface area contributed by atoms with Crippen molar-refractivity contribution >= 4 is 15.7 Å². The molecule has 0 radical (unpaired) electrons. The van der Waals surface area contributed by atoms with Gasteiger partial charge in [0.15, 0.2) is 0 Å². The predicted molar refractivity (Wildman–Crippen MR) is 72.6 cm³/mol. The Labute approximate surface area is 113 Å². The minimum Gasteiger partial charge on any atom is -0.399 e. The fourth-order valence-electron chi connectivity index (χ4n) is 1.99. The summed E-state index contributed by atoms with van der Waals surface area (Å²) in [6, 6.07) is 3.50. The van der Waals surface area contributed by atoms with Gasteiger partial charge in [-0.3, -0.25) is 0 Å². The van der Waals surface area contributed by atoms with E-state index < -0.39 is 15.8 Å². The average Bonchev–Trinajstić information content (AvgIpc) is 3.08. The van der Waals surface area contributed by atoms with Gasteiger partial charge in [0.2, 0.25) is 10.0 Å². The fraction of sp³-hybridized carbons (Fsp3) is 0.538. The van der Waals surface area contributed by atoms with Gasteiger partial charge in [-0.25, -0.2) is 12.8 Å². The van der Waals surface area contributed by atoms with Crippen molar-refractivity contribution in [3.05, 3.63) is 24.0 Å². The minimum absolute atomic E-state index is 0.192. The van der Waals surface area contributed by atoms with Crippen molar-refractivity contribution < 1.29 is 12.8 Å². The van der Waals surface area contributed by atoms with E-state index in [1.165, 1.54) is 16.4 Å². The first-order chi connectivity index (χ1) is 8.82. The molecule has 6 heteroatoms. The topological polar surface area (TPSA) is 63.4 Å². The average molecular weight is 286 g/mol. The van der Waals surface area contributed by atoms with E-state index in [1.807, 2.05) is 0 Å². The van der Waals surface area contributed by atoms with Crippen LogP contribution in [0.1, 0.15) is 26.7 Å². The SMILES string of the molecule is CC(C)N(CC1CC1)S(=O)(=O)c1ccc(N)cc1F. The molecule has 0 spiro atoms. The second-order valence-electron chi connectivity index (χ2n) is 5.30. The molecule has 0 aliphatic heterocycles. The molecule has 0 atom stereocenters. The third-order valence-corrected chi connectivity index (χ3v) is 5.33. The summed E-state index contributed by atoms with van der Waals surface area (Å²) in [4.78, 5) is -0.295. The first-order valence-electron chi connectivity index (χ1n) is 6.39. The van der Waals surface area contributed by atoms with Crippen molar-refractivity contribution in [3.63, 3.8) is 0 Å². The Bertz CT molecular complexity index is 568. The number of nitrogens with two attached hydrogens (primary N) is 1. The van der Waals surface area contributed by atoms with Crippen LogP contribution in [0.4, 0.5) is 10.1 Å². The molecule has 1 aliphatic rings. The second kappa shape index (κ2) is 5.09. The van der Waals surface area contributed by atoms with Gasteiger partial charge in [-0.05, 0) is 50.8 Å². The van der Waals surface area contributed by atoms with Crippen LogP contribution in [0.3, 0.4) is 0 Å². The Kier molecular flexibility index (Phi) is 3.82. The van der Waals surface area contributed by atoms with Crippen LogP contribution in [0.5, 0.6) is 0 Å². The highest BCUT2D eigenvalue weighted by Crippen LogP contribution is 2.33. The summed E-state index contributed by atoms with van der Waals surface area (Å²) in [5, 5.41) is 0. The van der Waals surface area contributed by atoms with Gasteiger partial charge >= 0.3 is 0 Å². The molecule has 0 saturated heterocycles. The number of benzene rings is 1. The standard InChI is InChI=1S/C13H19FN2O2S/c1-9(2)16(8-10-3-4-10)19(17,18)13-6-5-11(15)7-12(13)14/h5-7,9-10H,3-4,8,15H2,1-2H3. The van der Waals surface area contributed by atoms with E-state index in [-0.39, 0.29) is 16.6 Å². The number of anilines is 1. The Morgan fingerprint density at radius 1 is 1.42 bits per heavy atom. The molecule has 0 bridgehead atoms. The third kappa shape index (κ3) is 3.06. The summed E-state index contributed by atoms with van der Waals surface area (Å²) in [6.07, 6.45) is 2.09. The number of sulfonamides is 1. The van der Waals surface area contributed by atoms with Crippen LogP contribution < -0.4 is 5.73 Å². The Morgan fingerprint density at radius 2 is 2.05 bits per heavy atom. The Morgan fingerprint density at radius 3 is 2.53 bits per heavy atom. The molecule has 2 rings (SSSR count). The van der Waals surface area contributed by atoms with E-state index in [9.17, 15) is 12.8 Å². The van der Waals surface area contributed by atoms with Crippen molar-refractivity contribution in [3.8, 4) is 0 Å². The maximum atomic E-state index is 13.8. The monoisotopic (exact) mass is 286 g/mol. The van der Waals surface area contributed by atoms with Crippen molar-refractivity contribution in [2.24, 2.45) is 5.92 Å². The van der Waals surface area contributed by atoms with Crippen LogP contribution in [-0.4, -0.2) is 25.3 Å². The summed E-state index contributed by atoms with van der Waals surface area (Å²) in [5.41, 5.74) is 5.67. The Balaban J connectivity index is 2.37. The van der Waals surface area contributed by atoms with Crippen LogP contribution in [0.2, 0.25) is 0 Å². The summed E-state index contributed by atoms with van der Waals surface area (Å²) >= 11 is 0. The van der Waals surface area contributed by atoms with E-state index in [2.05, 4.69) is 0 Å². The molecule has 1 aromatic carbocycles. The van der Waals surface area contributed by atoms with Gasteiger partial charge < -0.3 is 5.73 Å². The van der Waals surface area contributed by atoms with Crippen LogP contribution in [0, 0.1) is 11.7 Å². The van der Waals surface area contributed by atoms with E-state index in [4.69, 9.17) is 5.73 Å². The zero-order valence-corrected chi connectivity index (χ0v) is 12.0. The molecule has 2 N–H and O–H groups in total. The summed E-state index contributed by atoms with van der Waals surface area (Å²) < 4.78 is 40.2. The highest BCUT2D eigenvalue weighted by molar-refractivity contribution is 7.89. The lowest BCUT2D eigenvalue weighted by atomic mass is 10.3. The third-order valence-electron chi connectivity index (χ3n) is 3.25. The van der Waals surface area contributed by atoms with Crippen LogP contribution in [0.25, 0.3) is 0 Å². The fourth-order valence-corrected chi connectivity index (χ4v) is 3.75. The van der Waals surface area contributed by atoms with Crippen LogP contribution in [0.15, 0.2) is 23.1 Å². The largest absolute Gasteiger partial charge is 0.399 e. The van der Waals surface area contributed by atoms with Gasteiger partial charge in [-0.15, -0.1) is 0 Å². The van der Waals surface area contributed by atoms with Crippen molar-refractivity contribution in [1.29, 1.82) is 0 Å². The number of hydrogen-bond donors (Lipinski definition) is 1. The van der Waals surface area contributed by atoms with Crippen molar-refractivity contribution in [2.75, 3.05) is 12.3 Å². The van der Waals surface area contributed by atoms with E-state index in [1.54, 1.807) is 13.8 Å². The molecular formula is C13H19FN2O2S. The lowest BCUT2D eigenvalue weighted by Crippen LogP contribution is -2.38. The van der Waals surface area contributed by atoms with Gasteiger partial charge in [0.05, 0.1) is 0 Å². The molecule has 19 heavy (non-hydrogen) atoms. The van der Waals surface area contributed by atoms with Gasteiger partial charge in [0, 0.05) is 18.3 Å². The highest BCUT2D eigenvalue weighted by Gasteiger charge is 2.34. The molecule has 1 saturated carbocycles. The Hall–Kier alpha value is -1.14. The normalized spacial score (nSPS) is 16.3. The maximum absolute atomic E-state index is 13.8. The molecular weight excluding hydrogens is 267 g/mol. The van der Waals surface area contributed by atoms with Gasteiger partial charge in [-0.1, -0.05) is 0 Å². The summed E-state index contributed by atoms with van der Waals surface area (Å²) in [6.45, 7) is 4.06. The molecule has 1 fully saturated rings. The maximum Gasteiger partial charge on any atom is 0.246 e. The first kappa shape index (κ1) is 14.3. The number of halogens is 1. The summed E-state index contributed by atoms with van der Waals surface area (Å²) in [5.74, 6) is -0.379. The molecule has 0 heterocycles. The van der Waals surface area contributed by atoms with E-state index >= 15 is 0 Å². The van der Waals surface area contributed by atoms with Crippen molar-refractivity contribution in [2.45, 2.75) is 37.6 Å². The molecule has 1 aliphatic carbocycles. The number of hydrogen-bond acceptors (Lipinski definition) is 3. The van der Waals surface area contributed by atoms with E-state index in [0.717, 1.165) is 18.9 Å². The van der Waals surface area contributed by atoms with Crippen LogP contribution >= 0.6 is 0 Å². The molecule has 0 aromatic heterocycles. The van der Waals surface area contributed by atoms with Gasteiger partial charge in [-0.2, -0.15) is 4.31 Å². The zero-order valence-electron chi connectivity index (χ0n) is 11.1. The quantitative estimate of drug-likeness (QED) is 0.844. The zero-order chi connectivity index (χ0) is 14.2. The predicted octanol–water partition coefficient (Wildman–Crippen LogP) is 2.22. The molecule has 0 amide bonds. The van der Waals surface area contributed by atoms with Crippen molar-refractivity contribution in [1.82, 2.24) is 4.31 Å². The first-order valence-corrected chi connectivity index (χ1v) is 7.83. The lowest BCUT2D eigenvalue weighted by molar-refractivity contribution is 0.340. The number of nitrogen functional groups attached to an aromatic ring is 1. The molecule has 4 nitrogen and oxygen atoms in total. The molecule has 1 aromatic rings. The number of rotatable bonds is 5.